The van der Waals surface area contributed by atoms with E-state index in [1.807, 2.05) is 0 Å². The van der Waals surface area contributed by atoms with Gasteiger partial charge in [-0.2, -0.15) is 0 Å². The minimum atomic E-state index is -0.143. The van der Waals surface area contributed by atoms with Crippen molar-refractivity contribution in [2.45, 2.75) is 6.54 Å². The van der Waals surface area contributed by atoms with Gasteiger partial charge in [-0.1, -0.05) is 6.07 Å². The van der Waals surface area contributed by atoms with Crippen LogP contribution in [0, 0.1) is 0 Å². The Bertz CT molecular complexity index is 385. The summed E-state index contributed by atoms with van der Waals surface area (Å²) in [6.07, 6.45) is 0. The van der Waals surface area contributed by atoms with Gasteiger partial charge in [-0.25, -0.2) is 0 Å². The summed E-state index contributed by atoms with van der Waals surface area (Å²) in [5.74, 6) is 0.334. The van der Waals surface area contributed by atoms with Gasteiger partial charge in [0, 0.05) is 13.6 Å². The minimum absolute atomic E-state index is 0. The van der Waals surface area contributed by atoms with Crippen LogP contribution in [0.3, 0.4) is 0 Å². The van der Waals surface area contributed by atoms with Gasteiger partial charge in [-0.15, -0.1) is 12.4 Å². The number of hydrogen-bond acceptors (Lipinski definition) is 4. The summed E-state index contributed by atoms with van der Waals surface area (Å²) in [4.78, 5) is 12.7. The molecule has 1 rings (SSSR count). The second kappa shape index (κ2) is 6.98. The van der Waals surface area contributed by atoms with Crippen LogP contribution in [0.2, 0.25) is 0 Å². The Morgan fingerprint density at radius 1 is 1.53 bits per heavy atom. The summed E-state index contributed by atoms with van der Waals surface area (Å²) in [7, 11) is 3.15. The fourth-order valence-corrected chi connectivity index (χ4v) is 1.35. The average Bonchev–Trinajstić information content (AvgIpc) is 2.28. The number of rotatable bonds is 4. The third-order valence-electron chi connectivity index (χ3n) is 2.26. The van der Waals surface area contributed by atoms with Crippen molar-refractivity contribution in [3.63, 3.8) is 0 Å². The zero-order valence-electron chi connectivity index (χ0n) is 9.84. The van der Waals surface area contributed by atoms with Crippen LogP contribution in [0.25, 0.3) is 0 Å². The maximum Gasteiger partial charge on any atom is 0.236 e. The fourth-order valence-electron chi connectivity index (χ4n) is 1.35. The first-order valence-electron chi connectivity index (χ1n) is 4.88. The van der Waals surface area contributed by atoms with Gasteiger partial charge in [0.25, 0.3) is 0 Å². The van der Waals surface area contributed by atoms with Crippen molar-refractivity contribution < 1.29 is 14.6 Å². The molecular weight excluding hydrogens is 244 g/mol. The fraction of sp³-hybridized carbons (Fsp3) is 0.364. The van der Waals surface area contributed by atoms with Gasteiger partial charge >= 0.3 is 0 Å². The number of methoxy groups -OCH3 is 1. The largest absolute Gasteiger partial charge is 0.504 e. The van der Waals surface area contributed by atoms with E-state index >= 15 is 0 Å². The van der Waals surface area contributed by atoms with Crippen LogP contribution in [0.5, 0.6) is 11.5 Å². The Balaban J connectivity index is 0.00000256. The van der Waals surface area contributed by atoms with Crippen LogP contribution in [-0.4, -0.2) is 36.6 Å². The first-order chi connectivity index (χ1) is 7.58. The summed E-state index contributed by atoms with van der Waals surface area (Å²) in [6, 6.07) is 5.02. The molecule has 0 aliphatic carbocycles. The molecule has 0 unspecified atom stereocenters. The molecule has 5 nitrogen and oxygen atoms in total. The number of halogens is 1. The maximum absolute atomic E-state index is 11.2. The van der Waals surface area contributed by atoms with E-state index in [0.29, 0.717) is 12.3 Å². The Kier molecular flexibility index (Phi) is 6.38. The lowest BCUT2D eigenvalue weighted by Crippen LogP contribution is -2.32. The molecule has 0 aromatic heterocycles. The smallest absolute Gasteiger partial charge is 0.236 e. The second-order valence-corrected chi connectivity index (χ2v) is 3.46. The van der Waals surface area contributed by atoms with Gasteiger partial charge in [0.1, 0.15) is 0 Å². The molecule has 1 aromatic rings. The normalized spacial score (nSPS) is 9.35. The predicted molar refractivity (Wildman–Crippen MR) is 67.4 cm³/mol. The van der Waals surface area contributed by atoms with Gasteiger partial charge in [-0.05, 0) is 17.7 Å². The number of phenolic OH excluding ortho intramolecular Hbond substituents is 1. The zero-order valence-corrected chi connectivity index (χ0v) is 10.7. The lowest BCUT2D eigenvalue weighted by Gasteiger charge is -2.16. The van der Waals surface area contributed by atoms with E-state index in [2.05, 4.69) is 0 Å². The summed E-state index contributed by atoms with van der Waals surface area (Å²) >= 11 is 0. The number of phenols is 1. The van der Waals surface area contributed by atoms with E-state index in [1.165, 1.54) is 12.0 Å². The molecule has 0 aliphatic heterocycles. The van der Waals surface area contributed by atoms with Gasteiger partial charge in [0.05, 0.1) is 13.7 Å². The highest BCUT2D eigenvalue weighted by atomic mass is 35.5. The monoisotopic (exact) mass is 260 g/mol. The molecule has 0 saturated heterocycles. The summed E-state index contributed by atoms with van der Waals surface area (Å²) in [5.41, 5.74) is 6.06. The molecular formula is C11H17ClN2O3. The standard InChI is InChI=1S/C11H16N2O3.ClH/c1-13(11(15)6-12)7-8-3-4-10(16-2)9(14)5-8;/h3-5,14H,6-7,12H2,1-2H3;1H. The number of amides is 1. The molecule has 0 saturated carbocycles. The second-order valence-electron chi connectivity index (χ2n) is 3.46. The number of nitrogens with zero attached hydrogens (tertiary/aromatic N) is 1. The third-order valence-corrected chi connectivity index (χ3v) is 2.26. The number of hydrogen-bond donors (Lipinski definition) is 2. The van der Waals surface area contributed by atoms with Crippen LogP contribution >= 0.6 is 12.4 Å². The number of nitrogens with two attached hydrogens (primary N) is 1. The van der Waals surface area contributed by atoms with Crippen molar-refractivity contribution in [1.29, 1.82) is 0 Å². The lowest BCUT2D eigenvalue weighted by molar-refractivity contribution is -0.128. The average molecular weight is 261 g/mol. The third kappa shape index (κ3) is 4.13. The Morgan fingerprint density at radius 2 is 2.18 bits per heavy atom. The van der Waals surface area contributed by atoms with Crippen LogP contribution in [0.4, 0.5) is 0 Å². The quantitative estimate of drug-likeness (QED) is 0.837. The van der Waals surface area contributed by atoms with Crippen LogP contribution < -0.4 is 10.5 Å². The van der Waals surface area contributed by atoms with Crippen molar-refractivity contribution in [3.05, 3.63) is 23.8 Å². The van der Waals surface area contributed by atoms with E-state index in [4.69, 9.17) is 10.5 Å². The number of carbonyl (C=O) groups excluding carboxylic acids is 1. The van der Waals surface area contributed by atoms with Crippen LogP contribution in [-0.2, 0) is 11.3 Å². The highest BCUT2D eigenvalue weighted by molar-refractivity contribution is 5.85. The van der Waals surface area contributed by atoms with Crippen molar-refractivity contribution in [2.75, 3.05) is 20.7 Å². The molecule has 17 heavy (non-hydrogen) atoms. The summed E-state index contributed by atoms with van der Waals surface area (Å²) in [6.45, 7) is 0.395. The molecule has 0 radical (unpaired) electrons. The van der Waals surface area contributed by atoms with Gasteiger partial charge in [-0.3, -0.25) is 4.79 Å². The topological polar surface area (TPSA) is 75.8 Å². The molecule has 3 N–H and O–H groups in total. The predicted octanol–water partition coefficient (Wildman–Crippen LogP) is 0.740. The highest BCUT2D eigenvalue weighted by Crippen LogP contribution is 2.26. The molecule has 0 aliphatic rings. The number of ether oxygens (including phenoxy) is 1. The van der Waals surface area contributed by atoms with Crippen molar-refractivity contribution in [1.82, 2.24) is 4.90 Å². The molecule has 1 aromatic carbocycles. The molecule has 96 valence electrons. The highest BCUT2D eigenvalue weighted by Gasteiger charge is 2.08. The Labute approximate surface area is 107 Å². The van der Waals surface area contributed by atoms with Gasteiger partial charge in [0.15, 0.2) is 11.5 Å². The van der Waals surface area contributed by atoms with Crippen molar-refractivity contribution >= 4 is 18.3 Å². The molecule has 0 heterocycles. The minimum Gasteiger partial charge on any atom is -0.504 e. The molecule has 0 atom stereocenters. The number of carbonyl (C=O) groups is 1. The van der Waals surface area contributed by atoms with Crippen LogP contribution in [0.1, 0.15) is 5.56 Å². The molecule has 6 heteroatoms. The van der Waals surface area contributed by atoms with Crippen LogP contribution in [0.15, 0.2) is 18.2 Å². The summed E-state index contributed by atoms with van der Waals surface area (Å²) < 4.78 is 4.92. The van der Waals surface area contributed by atoms with E-state index in [0.717, 1.165) is 5.56 Å². The van der Waals surface area contributed by atoms with Crippen molar-refractivity contribution in [3.8, 4) is 11.5 Å². The Hall–Kier alpha value is -1.46. The molecule has 1 amide bonds. The van der Waals surface area contributed by atoms with Crippen molar-refractivity contribution in [2.24, 2.45) is 5.73 Å². The lowest BCUT2D eigenvalue weighted by atomic mass is 10.2. The van der Waals surface area contributed by atoms with E-state index < -0.39 is 0 Å². The Morgan fingerprint density at radius 3 is 2.65 bits per heavy atom. The van der Waals surface area contributed by atoms with Gasteiger partial charge in [0.2, 0.25) is 5.91 Å². The number of aromatic hydroxyl groups is 1. The maximum atomic E-state index is 11.2. The zero-order chi connectivity index (χ0) is 12.1. The molecule has 0 fully saturated rings. The summed E-state index contributed by atoms with van der Waals surface area (Å²) in [5, 5.41) is 9.55. The molecule has 0 bridgehead atoms. The SMILES string of the molecule is COc1ccc(CN(C)C(=O)CN)cc1O.Cl. The number of benzene rings is 1. The van der Waals surface area contributed by atoms with Gasteiger partial charge < -0.3 is 20.5 Å². The van der Waals surface area contributed by atoms with E-state index in [1.54, 1.807) is 25.2 Å². The van der Waals surface area contributed by atoms with E-state index in [-0.39, 0.29) is 30.6 Å². The first kappa shape index (κ1) is 15.5. The number of likely N-dealkylation sites (N-methyl/N-ethyl adjacent to an activating group) is 1. The molecule has 0 spiro atoms. The van der Waals surface area contributed by atoms with E-state index in [9.17, 15) is 9.90 Å². The first-order valence-corrected chi connectivity index (χ1v) is 4.88.